The molecule has 0 spiro atoms. The average Bonchev–Trinajstić information content (AvgIpc) is 2.58. The fourth-order valence-corrected chi connectivity index (χ4v) is 2.98. The molecule has 1 aromatic carbocycles. The summed E-state index contributed by atoms with van der Waals surface area (Å²) in [4.78, 5) is 4.65. The summed E-state index contributed by atoms with van der Waals surface area (Å²) in [6, 6.07) is 8.26. The van der Waals surface area contributed by atoms with Crippen LogP contribution in [0.3, 0.4) is 0 Å². The van der Waals surface area contributed by atoms with Crippen molar-refractivity contribution in [3.8, 4) is 0 Å². The zero-order chi connectivity index (χ0) is 18.5. The summed E-state index contributed by atoms with van der Waals surface area (Å²) in [5.41, 5.74) is 1.62. The Hall–Kier alpha value is -1.59. The minimum absolute atomic E-state index is 0.518. The highest BCUT2D eigenvalue weighted by molar-refractivity contribution is 5.79. The third-order valence-corrected chi connectivity index (χ3v) is 4.08. The quantitative estimate of drug-likeness (QED) is 0.424. The summed E-state index contributed by atoms with van der Waals surface area (Å²) in [7, 11) is 1.70. The fourth-order valence-electron chi connectivity index (χ4n) is 2.98. The van der Waals surface area contributed by atoms with Gasteiger partial charge in [-0.25, -0.2) is 4.99 Å². The van der Waals surface area contributed by atoms with E-state index in [-0.39, 0.29) is 0 Å². The second kappa shape index (κ2) is 11.9. The summed E-state index contributed by atoms with van der Waals surface area (Å²) in [5, 5.41) is 17.3. The Labute approximate surface area is 152 Å². The van der Waals surface area contributed by atoms with Crippen molar-refractivity contribution in [3.05, 3.63) is 35.4 Å². The maximum atomic E-state index is 10.7. The van der Waals surface area contributed by atoms with Crippen LogP contribution in [0, 0.1) is 0 Å². The van der Waals surface area contributed by atoms with Gasteiger partial charge in [-0.2, -0.15) is 0 Å². The van der Waals surface area contributed by atoms with Gasteiger partial charge in [-0.1, -0.05) is 51.0 Å². The highest BCUT2D eigenvalue weighted by Crippen LogP contribution is 2.18. The van der Waals surface area contributed by atoms with Gasteiger partial charge in [0, 0.05) is 20.2 Å². The number of rotatable bonds is 11. The summed E-state index contributed by atoms with van der Waals surface area (Å²) in [6.07, 6.45) is 3.54. The molecule has 1 aromatic rings. The maximum Gasteiger partial charge on any atom is 0.191 e. The summed E-state index contributed by atoms with van der Waals surface area (Å²) >= 11 is 0. The molecule has 0 aromatic heterocycles. The van der Waals surface area contributed by atoms with Gasteiger partial charge in [0.25, 0.3) is 0 Å². The molecule has 5 heteroatoms. The van der Waals surface area contributed by atoms with Gasteiger partial charge in [0.2, 0.25) is 0 Å². The normalized spacial score (nSPS) is 12.3. The first-order valence-corrected chi connectivity index (χ1v) is 9.38. The smallest absolute Gasteiger partial charge is 0.191 e. The lowest BCUT2D eigenvalue weighted by molar-refractivity contribution is 0.0257. The molecule has 0 saturated carbocycles. The van der Waals surface area contributed by atoms with Gasteiger partial charge in [-0.05, 0) is 30.9 Å². The Morgan fingerprint density at radius 2 is 1.80 bits per heavy atom. The van der Waals surface area contributed by atoms with E-state index in [2.05, 4.69) is 47.7 Å². The number of nitrogens with zero attached hydrogens (tertiary/aromatic N) is 1. The standard InChI is InChI=1S/C20H35N3O2/c1-5-11-20(24,12-6-2)16-23-19(21-7-3)22-14-17-9-8-10-18(13-17)15-25-4/h8-10,13,24H,5-7,11-12,14-16H2,1-4H3,(H2,21,22,23). The first-order chi connectivity index (χ1) is 12.1. The Morgan fingerprint density at radius 3 is 2.40 bits per heavy atom. The van der Waals surface area contributed by atoms with Crippen LogP contribution in [0.1, 0.15) is 57.6 Å². The highest BCUT2D eigenvalue weighted by atomic mass is 16.5. The van der Waals surface area contributed by atoms with E-state index in [0.29, 0.717) is 19.7 Å². The fraction of sp³-hybridized carbons (Fsp3) is 0.650. The monoisotopic (exact) mass is 349 g/mol. The van der Waals surface area contributed by atoms with Gasteiger partial charge < -0.3 is 20.5 Å². The molecule has 0 aliphatic rings. The van der Waals surface area contributed by atoms with E-state index in [1.165, 1.54) is 0 Å². The number of aliphatic imine (C=N–C) groups is 1. The summed E-state index contributed by atoms with van der Waals surface area (Å²) < 4.78 is 5.18. The second-order valence-electron chi connectivity index (χ2n) is 6.53. The molecule has 1 rings (SSSR count). The predicted molar refractivity (Wildman–Crippen MR) is 105 cm³/mol. The molecule has 0 bridgehead atoms. The SMILES string of the molecule is CCCC(O)(CCC)CNC(=NCc1cccc(COC)c1)NCC. The first-order valence-electron chi connectivity index (χ1n) is 9.38. The molecule has 5 nitrogen and oxygen atoms in total. The van der Waals surface area contributed by atoms with Crippen LogP contribution in [0.15, 0.2) is 29.3 Å². The van der Waals surface area contributed by atoms with Crippen LogP contribution in [-0.4, -0.2) is 36.9 Å². The minimum Gasteiger partial charge on any atom is -0.388 e. The maximum absolute atomic E-state index is 10.7. The highest BCUT2D eigenvalue weighted by Gasteiger charge is 2.24. The number of hydrogen-bond donors (Lipinski definition) is 3. The second-order valence-corrected chi connectivity index (χ2v) is 6.53. The molecule has 0 radical (unpaired) electrons. The van der Waals surface area contributed by atoms with Crippen LogP contribution in [0.5, 0.6) is 0 Å². The van der Waals surface area contributed by atoms with Crippen molar-refractivity contribution in [2.75, 3.05) is 20.2 Å². The van der Waals surface area contributed by atoms with E-state index in [1.54, 1.807) is 7.11 Å². The van der Waals surface area contributed by atoms with Crippen molar-refractivity contribution in [3.63, 3.8) is 0 Å². The average molecular weight is 350 g/mol. The van der Waals surface area contributed by atoms with E-state index < -0.39 is 5.60 Å². The molecule has 0 aliphatic heterocycles. The molecule has 0 saturated heterocycles. The number of aliphatic hydroxyl groups is 1. The van der Waals surface area contributed by atoms with E-state index in [9.17, 15) is 5.11 Å². The van der Waals surface area contributed by atoms with Crippen LogP contribution >= 0.6 is 0 Å². The Kier molecular flexibility index (Phi) is 10.2. The van der Waals surface area contributed by atoms with Crippen LogP contribution in [0.4, 0.5) is 0 Å². The largest absolute Gasteiger partial charge is 0.388 e. The van der Waals surface area contributed by atoms with Gasteiger partial charge >= 0.3 is 0 Å². The lowest BCUT2D eigenvalue weighted by atomic mass is 9.93. The van der Waals surface area contributed by atoms with Crippen molar-refractivity contribution in [1.29, 1.82) is 0 Å². The molecule has 0 unspecified atom stereocenters. The number of hydrogen-bond acceptors (Lipinski definition) is 3. The molecular formula is C20H35N3O2. The molecule has 0 heterocycles. The van der Waals surface area contributed by atoms with Crippen LogP contribution in [-0.2, 0) is 17.9 Å². The molecule has 0 aliphatic carbocycles. The number of methoxy groups -OCH3 is 1. The number of nitrogens with one attached hydrogen (secondary N) is 2. The zero-order valence-corrected chi connectivity index (χ0v) is 16.3. The van der Waals surface area contributed by atoms with E-state index in [4.69, 9.17) is 4.74 Å². The Balaban J connectivity index is 2.71. The van der Waals surface area contributed by atoms with E-state index >= 15 is 0 Å². The lowest BCUT2D eigenvalue weighted by Gasteiger charge is -2.28. The van der Waals surface area contributed by atoms with Crippen LogP contribution < -0.4 is 10.6 Å². The van der Waals surface area contributed by atoms with Crippen molar-refractivity contribution >= 4 is 5.96 Å². The number of guanidine groups is 1. The van der Waals surface area contributed by atoms with Gasteiger partial charge in [-0.15, -0.1) is 0 Å². The molecule has 142 valence electrons. The zero-order valence-electron chi connectivity index (χ0n) is 16.3. The van der Waals surface area contributed by atoms with Gasteiger partial charge in [0.15, 0.2) is 5.96 Å². The number of ether oxygens (including phenoxy) is 1. The third-order valence-electron chi connectivity index (χ3n) is 4.08. The van der Waals surface area contributed by atoms with Gasteiger partial charge in [0.05, 0.1) is 18.8 Å². The Morgan fingerprint density at radius 1 is 1.12 bits per heavy atom. The summed E-state index contributed by atoms with van der Waals surface area (Å²) in [5.74, 6) is 0.741. The van der Waals surface area contributed by atoms with Gasteiger partial charge in [-0.3, -0.25) is 0 Å². The molecule has 25 heavy (non-hydrogen) atoms. The lowest BCUT2D eigenvalue weighted by Crippen LogP contribution is -2.47. The molecule has 0 amide bonds. The van der Waals surface area contributed by atoms with Crippen molar-refractivity contribution in [1.82, 2.24) is 10.6 Å². The molecular weight excluding hydrogens is 314 g/mol. The van der Waals surface area contributed by atoms with E-state index in [0.717, 1.165) is 49.3 Å². The predicted octanol–water partition coefficient (Wildman–Crippen LogP) is 3.22. The van der Waals surface area contributed by atoms with Crippen molar-refractivity contribution in [2.45, 2.75) is 65.2 Å². The molecule has 3 N–H and O–H groups in total. The van der Waals surface area contributed by atoms with Crippen LogP contribution in [0.25, 0.3) is 0 Å². The van der Waals surface area contributed by atoms with Crippen molar-refractivity contribution in [2.24, 2.45) is 4.99 Å². The summed E-state index contributed by atoms with van der Waals surface area (Å²) in [6.45, 7) is 8.75. The van der Waals surface area contributed by atoms with Gasteiger partial charge in [0.1, 0.15) is 0 Å². The first kappa shape index (κ1) is 21.5. The van der Waals surface area contributed by atoms with Crippen LogP contribution in [0.2, 0.25) is 0 Å². The number of benzene rings is 1. The minimum atomic E-state index is -0.669. The van der Waals surface area contributed by atoms with E-state index in [1.807, 2.05) is 13.0 Å². The molecule has 0 atom stereocenters. The topological polar surface area (TPSA) is 65.9 Å². The third kappa shape index (κ3) is 8.36. The van der Waals surface area contributed by atoms with Crippen molar-refractivity contribution < 1.29 is 9.84 Å². The Bertz CT molecular complexity index is 511. The molecule has 0 fully saturated rings.